The minimum Gasteiger partial charge on any atom is -0.489 e. The molecular weight excluding hydrogens is 421 g/mol. The fourth-order valence-corrected chi connectivity index (χ4v) is 5.19. The van der Waals surface area contributed by atoms with Gasteiger partial charge >= 0.3 is 5.97 Å². The average Bonchev–Trinajstić information content (AvgIpc) is 3.16. The molecule has 6 nitrogen and oxygen atoms in total. The zero-order chi connectivity index (χ0) is 23.2. The van der Waals surface area contributed by atoms with Gasteiger partial charge in [-0.05, 0) is 88.4 Å². The van der Waals surface area contributed by atoms with E-state index in [-0.39, 0.29) is 16.9 Å². The van der Waals surface area contributed by atoms with Gasteiger partial charge in [0.25, 0.3) is 0 Å². The zero-order valence-corrected chi connectivity index (χ0v) is 19.2. The van der Waals surface area contributed by atoms with Crippen molar-refractivity contribution in [3.8, 4) is 5.75 Å². The fourth-order valence-electron chi connectivity index (χ4n) is 5.19. The SMILES string of the molecule is CC1(C)COc2cc(C(=O)O)cc3nc(CN4CCC(CCc5ccc(F)cc5)CC4)n1c23. The maximum absolute atomic E-state index is 13.1. The highest BCUT2D eigenvalue weighted by atomic mass is 19.1. The predicted molar refractivity (Wildman–Crippen MR) is 124 cm³/mol. The van der Waals surface area contributed by atoms with E-state index in [4.69, 9.17) is 9.72 Å². The van der Waals surface area contributed by atoms with Crippen LogP contribution in [0.2, 0.25) is 0 Å². The topological polar surface area (TPSA) is 67.6 Å². The number of nitrogens with zero attached hydrogens (tertiary/aromatic N) is 3. The van der Waals surface area contributed by atoms with E-state index in [1.165, 1.54) is 17.7 Å². The van der Waals surface area contributed by atoms with E-state index >= 15 is 0 Å². The number of imidazole rings is 1. The Kier molecular flexibility index (Phi) is 5.60. The molecule has 3 heterocycles. The normalized spacial score (nSPS) is 18.4. The lowest BCUT2D eigenvalue weighted by Crippen LogP contribution is -2.40. The standard InChI is InChI=1S/C26H30FN3O3/c1-26(2)16-33-22-14-19(25(31)32)13-21-24(22)30(26)23(28-21)15-29-11-9-18(10-12-29)4-3-17-5-7-20(27)8-6-17/h5-8,13-14,18H,3-4,9-12,15-16H2,1-2H3,(H,31,32). The Hall–Kier alpha value is -2.93. The largest absolute Gasteiger partial charge is 0.489 e. The number of carboxylic acid groups (broad SMARTS) is 1. The second-order valence-electron chi connectivity index (χ2n) is 10.00. The van der Waals surface area contributed by atoms with Gasteiger partial charge in [0, 0.05) is 0 Å². The first kappa shape index (κ1) is 21.9. The lowest BCUT2D eigenvalue weighted by atomic mass is 9.90. The van der Waals surface area contributed by atoms with Crippen molar-refractivity contribution in [1.29, 1.82) is 0 Å². The maximum Gasteiger partial charge on any atom is 0.335 e. The summed E-state index contributed by atoms with van der Waals surface area (Å²) >= 11 is 0. The molecule has 7 heteroatoms. The molecule has 0 aliphatic carbocycles. The monoisotopic (exact) mass is 451 g/mol. The van der Waals surface area contributed by atoms with Crippen molar-refractivity contribution in [2.75, 3.05) is 19.7 Å². The predicted octanol–water partition coefficient (Wildman–Crippen LogP) is 4.85. The van der Waals surface area contributed by atoms with Crippen LogP contribution >= 0.6 is 0 Å². The molecule has 174 valence electrons. The highest BCUT2D eigenvalue weighted by Crippen LogP contribution is 2.38. The van der Waals surface area contributed by atoms with Gasteiger partial charge in [0.2, 0.25) is 0 Å². The number of carboxylic acids is 1. The number of piperidine rings is 1. The number of carbonyl (C=O) groups is 1. The summed E-state index contributed by atoms with van der Waals surface area (Å²) in [6.07, 6.45) is 4.40. The van der Waals surface area contributed by atoms with Crippen molar-refractivity contribution >= 4 is 17.0 Å². The molecule has 0 radical (unpaired) electrons. The summed E-state index contributed by atoms with van der Waals surface area (Å²) in [4.78, 5) is 18.9. The minimum atomic E-state index is -0.972. The highest BCUT2D eigenvalue weighted by molar-refractivity contribution is 5.95. The Morgan fingerprint density at radius 2 is 1.94 bits per heavy atom. The van der Waals surface area contributed by atoms with Gasteiger partial charge in [0.15, 0.2) is 0 Å². The van der Waals surface area contributed by atoms with Crippen LogP contribution in [0, 0.1) is 11.7 Å². The first-order valence-corrected chi connectivity index (χ1v) is 11.7. The number of hydrogen-bond donors (Lipinski definition) is 1. The number of ether oxygens (including phenoxy) is 1. The summed E-state index contributed by atoms with van der Waals surface area (Å²) in [5.74, 6) is 1.09. The second kappa shape index (κ2) is 8.45. The third-order valence-electron chi connectivity index (χ3n) is 7.05. The van der Waals surface area contributed by atoms with Crippen LogP contribution in [-0.4, -0.2) is 45.2 Å². The molecule has 2 aliphatic heterocycles. The van der Waals surface area contributed by atoms with Gasteiger partial charge in [-0.15, -0.1) is 0 Å². The molecule has 0 saturated carbocycles. The summed E-state index contributed by atoms with van der Waals surface area (Å²) < 4.78 is 21.3. The van der Waals surface area contributed by atoms with E-state index in [0.717, 1.165) is 56.7 Å². The number of rotatable bonds is 6. The average molecular weight is 452 g/mol. The van der Waals surface area contributed by atoms with Gasteiger partial charge in [-0.25, -0.2) is 14.2 Å². The molecule has 1 aromatic heterocycles. The second-order valence-corrected chi connectivity index (χ2v) is 10.00. The van der Waals surface area contributed by atoms with Crippen molar-refractivity contribution < 1.29 is 19.0 Å². The number of aromatic nitrogens is 2. The van der Waals surface area contributed by atoms with Crippen LogP contribution in [-0.2, 0) is 18.5 Å². The van der Waals surface area contributed by atoms with Crippen molar-refractivity contribution in [1.82, 2.24) is 14.5 Å². The van der Waals surface area contributed by atoms with Crippen molar-refractivity contribution in [3.63, 3.8) is 0 Å². The van der Waals surface area contributed by atoms with Gasteiger partial charge in [-0.1, -0.05) is 12.1 Å². The number of hydrogen-bond acceptors (Lipinski definition) is 4. The minimum absolute atomic E-state index is 0.182. The smallest absolute Gasteiger partial charge is 0.335 e. The van der Waals surface area contributed by atoms with Gasteiger partial charge in [0.1, 0.15) is 29.5 Å². The summed E-state index contributed by atoms with van der Waals surface area (Å²) in [5, 5.41) is 9.46. The summed E-state index contributed by atoms with van der Waals surface area (Å²) in [7, 11) is 0. The molecule has 0 unspecified atom stereocenters. The zero-order valence-electron chi connectivity index (χ0n) is 19.2. The first-order chi connectivity index (χ1) is 15.8. The summed E-state index contributed by atoms with van der Waals surface area (Å²) in [5.41, 5.74) is 2.72. The lowest BCUT2D eigenvalue weighted by molar-refractivity contribution is 0.0696. The lowest BCUT2D eigenvalue weighted by Gasteiger charge is -2.36. The van der Waals surface area contributed by atoms with E-state index < -0.39 is 5.97 Å². The molecule has 3 aromatic rings. The quantitative estimate of drug-likeness (QED) is 0.581. The summed E-state index contributed by atoms with van der Waals surface area (Å²) in [6.45, 7) is 7.52. The molecule has 33 heavy (non-hydrogen) atoms. The number of benzene rings is 2. The van der Waals surface area contributed by atoms with E-state index in [1.807, 2.05) is 12.1 Å². The fraction of sp³-hybridized carbons (Fsp3) is 0.462. The molecule has 2 aliphatic rings. The third-order valence-corrected chi connectivity index (χ3v) is 7.05. The van der Waals surface area contributed by atoms with Crippen LogP contribution in [0.3, 0.4) is 0 Å². The Balaban J connectivity index is 1.29. The first-order valence-electron chi connectivity index (χ1n) is 11.7. The van der Waals surface area contributed by atoms with Crippen LogP contribution in [0.5, 0.6) is 5.75 Å². The molecular formula is C26H30FN3O3. The van der Waals surface area contributed by atoms with Crippen molar-refractivity contribution in [2.24, 2.45) is 5.92 Å². The molecule has 1 saturated heterocycles. The van der Waals surface area contributed by atoms with Crippen LogP contribution in [0.25, 0.3) is 11.0 Å². The van der Waals surface area contributed by atoms with Crippen LogP contribution in [0.4, 0.5) is 4.39 Å². The number of halogens is 1. The van der Waals surface area contributed by atoms with Gasteiger partial charge in [-0.3, -0.25) is 4.90 Å². The molecule has 1 fully saturated rings. The van der Waals surface area contributed by atoms with Gasteiger partial charge in [-0.2, -0.15) is 0 Å². The van der Waals surface area contributed by atoms with E-state index in [9.17, 15) is 14.3 Å². The number of likely N-dealkylation sites (tertiary alicyclic amines) is 1. The molecule has 0 bridgehead atoms. The van der Waals surface area contributed by atoms with E-state index in [1.54, 1.807) is 12.1 Å². The Morgan fingerprint density at radius 3 is 2.64 bits per heavy atom. The molecule has 2 aromatic carbocycles. The third kappa shape index (κ3) is 4.34. The Bertz CT molecular complexity index is 1180. The van der Waals surface area contributed by atoms with Crippen LogP contribution in [0.15, 0.2) is 36.4 Å². The van der Waals surface area contributed by atoms with Crippen LogP contribution < -0.4 is 4.74 Å². The summed E-state index contributed by atoms with van der Waals surface area (Å²) in [6, 6.07) is 10.1. The maximum atomic E-state index is 13.1. The number of aryl methyl sites for hydroxylation is 1. The molecule has 1 N–H and O–H groups in total. The molecule has 0 atom stereocenters. The van der Waals surface area contributed by atoms with Gasteiger partial charge in [0.05, 0.1) is 23.2 Å². The van der Waals surface area contributed by atoms with Crippen LogP contribution in [0.1, 0.15) is 54.9 Å². The highest BCUT2D eigenvalue weighted by Gasteiger charge is 2.34. The van der Waals surface area contributed by atoms with E-state index in [0.29, 0.717) is 23.8 Å². The molecule has 5 rings (SSSR count). The Morgan fingerprint density at radius 1 is 1.21 bits per heavy atom. The van der Waals surface area contributed by atoms with Gasteiger partial charge < -0.3 is 14.4 Å². The number of aromatic carboxylic acids is 1. The van der Waals surface area contributed by atoms with E-state index in [2.05, 4.69) is 23.3 Å². The van der Waals surface area contributed by atoms with Crippen molar-refractivity contribution in [3.05, 3.63) is 59.2 Å². The van der Waals surface area contributed by atoms with Crippen molar-refractivity contribution in [2.45, 2.75) is 51.6 Å². The molecule has 0 spiro atoms. The molecule has 0 amide bonds. The Labute approximate surface area is 193 Å².